The first-order valence-corrected chi connectivity index (χ1v) is 6.41. The molecule has 0 heterocycles. The highest BCUT2D eigenvalue weighted by Gasteiger charge is 2.13. The third kappa shape index (κ3) is 4.35. The van der Waals surface area contributed by atoms with Crippen molar-refractivity contribution in [2.45, 2.75) is 39.2 Å². The van der Waals surface area contributed by atoms with E-state index in [1.165, 1.54) is 12.1 Å². The molecule has 96 valence electrons. The highest BCUT2D eigenvalue weighted by atomic mass is 19.1. The van der Waals surface area contributed by atoms with Crippen molar-refractivity contribution in [2.24, 2.45) is 5.73 Å². The van der Waals surface area contributed by atoms with Gasteiger partial charge in [-0.3, -0.25) is 0 Å². The minimum atomic E-state index is -0.185. The number of benzene rings is 1. The first-order valence-electron chi connectivity index (χ1n) is 6.41. The lowest BCUT2D eigenvalue weighted by Gasteiger charge is -2.31. The van der Waals surface area contributed by atoms with Crippen molar-refractivity contribution in [1.29, 1.82) is 0 Å². The fourth-order valence-corrected chi connectivity index (χ4v) is 2.07. The van der Waals surface area contributed by atoms with Crippen LogP contribution in [0.5, 0.6) is 0 Å². The van der Waals surface area contributed by atoms with Gasteiger partial charge in [-0.15, -0.1) is 0 Å². The first kappa shape index (κ1) is 14.0. The molecule has 0 aliphatic rings. The van der Waals surface area contributed by atoms with Gasteiger partial charge in [0, 0.05) is 18.3 Å². The molecule has 0 saturated heterocycles. The highest BCUT2D eigenvalue weighted by Crippen LogP contribution is 2.20. The second kappa shape index (κ2) is 7.28. The Labute approximate surface area is 104 Å². The Morgan fingerprint density at radius 1 is 1.29 bits per heavy atom. The third-order valence-corrected chi connectivity index (χ3v) is 3.00. The number of nitrogens with two attached hydrogens (primary N) is 1. The molecule has 1 unspecified atom stereocenters. The Kier molecular flexibility index (Phi) is 5.98. The van der Waals surface area contributed by atoms with E-state index in [1.807, 2.05) is 12.1 Å². The summed E-state index contributed by atoms with van der Waals surface area (Å²) in [5.74, 6) is -0.185. The molecule has 0 amide bonds. The maximum Gasteiger partial charge on any atom is 0.123 e. The minimum Gasteiger partial charge on any atom is -0.369 e. The Hall–Kier alpha value is -1.09. The van der Waals surface area contributed by atoms with Crippen molar-refractivity contribution < 1.29 is 4.39 Å². The molecule has 0 aliphatic carbocycles. The fourth-order valence-electron chi connectivity index (χ4n) is 2.07. The van der Waals surface area contributed by atoms with Crippen LogP contribution in [0.25, 0.3) is 0 Å². The van der Waals surface area contributed by atoms with E-state index in [2.05, 4.69) is 18.7 Å². The summed E-state index contributed by atoms with van der Waals surface area (Å²) in [6.45, 7) is 6.02. The Bertz CT molecular complexity index is 311. The van der Waals surface area contributed by atoms with Crippen LogP contribution in [0.2, 0.25) is 0 Å². The summed E-state index contributed by atoms with van der Waals surface area (Å²) in [4.78, 5) is 2.32. The van der Waals surface area contributed by atoms with Crippen LogP contribution >= 0.6 is 0 Å². The van der Waals surface area contributed by atoms with E-state index >= 15 is 0 Å². The Balaban J connectivity index is 2.77. The SMILES string of the molecule is CCCC(C)N(CCCN)c1ccc(F)cc1. The predicted octanol–water partition coefficient (Wildman–Crippen LogP) is 3.17. The van der Waals surface area contributed by atoms with Crippen LogP contribution < -0.4 is 10.6 Å². The number of rotatable bonds is 7. The Morgan fingerprint density at radius 3 is 2.47 bits per heavy atom. The van der Waals surface area contributed by atoms with E-state index in [0.717, 1.165) is 31.5 Å². The summed E-state index contributed by atoms with van der Waals surface area (Å²) < 4.78 is 12.9. The molecular formula is C14H23FN2. The lowest BCUT2D eigenvalue weighted by atomic mass is 10.1. The lowest BCUT2D eigenvalue weighted by molar-refractivity contribution is 0.569. The van der Waals surface area contributed by atoms with E-state index in [0.29, 0.717) is 12.6 Å². The molecule has 17 heavy (non-hydrogen) atoms. The Morgan fingerprint density at radius 2 is 1.94 bits per heavy atom. The zero-order valence-corrected chi connectivity index (χ0v) is 10.8. The van der Waals surface area contributed by atoms with Gasteiger partial charge in [0.15, 0.2) is 0 Å². The fraction of sp³-hybridized carbons (Fsp3) is 0.571. The van der Waals surface area contributed by atoms with Crippen molar-refractivity contribution in [3.63, 3.8) is 0 Å². The van der Waals surface area contributed by atoms with Gasteiger partial charge in [0.25, 0.3) is 0 Å². The average molecular weight is 238 g/mol. The lowest BCUT2D eigenvalue weighted by Crippen LogP contribution is -2.34. The van der Waals surface area contributed by atoms with Crippen LogP contribution in [0.15, 0.2) is 24.3 Å². The molecule has 2 N–H and O–H groups in total. The molecule has 1 atom stereocenters. The van der Waals surface area contributed by atoms with Crippen molar-refractivity contribution >= 4 is 5.69 Å². The van der Waals surface area contributed by atoms with Gasteiger partial charge >= 0.3 is 0 Å². The quantitative estimate of drug-likeness (QED) is 0.790. The van der Waals surface area contributed by atoms with Crippen LogP contribution in [0.1, 0.15) is 33.1 Å². The van der Waals surface area contributed by atoms with Crippen molar-refractivity contribution in [3.8, 4) is 0 Å². The van der Waals surface area contributed by atoms with Gasteiger partial charge in [-0.1, -0.05) is 13.3 Å². The molecule has 0 saturated carbocycles. The van der Waals surface area contributed by atoms with Crippen LogP contribution in [-0.4, -0.2) is 19.1 Å². The molecule has 0 spiro atoms. The van der Waals surface area contributed by atoms with Gasteiger partial charge in [-0.05, 0) is 50.6 Å². The van der Waals surface area contributed by atoms with Gasteiger partial charge in [0.05, 0.1) is 0 Å². The predicted molar refractivity (Wildman–Crippen MR) is 71.8 cm³/mol. The number of nitrogens with zero attached hydrogens (tertiary/aromatic N) is 1. The van der Waals surface area contributed by atoms with Gasteiger partial charge in [0.2, 0.25) is 0 Å². The molecule has 2 nitrogen and oxygen atoms in total. The standard InChI is InChI=1S/C14H23FN2/c1-3-5-12(2)17(11-4-10-16)14-8-6-13(15)7-9-14/h6-9,12H,3-5,10-11,16H2,1-2H3. The summed E-state index contributed by atoms with van der Waals surface area (Å²) in [6, 6.07) is 7.19. The minimum absolute atomic E-state index is 0.185. The molecule has 1 rings (SSSR count). The second-order valence-electron chi connectivity index (χ2n) is 4.45. The number of hydrogen-bond acceptors (Lipinski definition) is 2. The van der Waals surface area contributed by atoms with E-state index < -0.39 is 0 Å². The van der Waals surface area contributed by atoms with Crippen LogP contribution in [0.3, 0.4) is 0 Å². The second-order valence-corrected chi connectivity index (χ2v) is 4.45. The third-order valence-electron chi connectivity index (χ3n) is 3.00. The topological polar surface area (TPSA) is 29.3 Å². The molecule has 0 fully saturated rings. The monoisotopic (exact) mass is 238 g/mol. The molecule has 0 aromatic heterocycles. The molecule has 0 radical (unpaired) electrons. The summed E-state index contributed by atoms with van der Waals surface area (Å²) in [5.41, 5.74) is 6.65. The summed E-state index contributed by atoms with van der Waals surface area (Å²) in [5, 5.41) is 0. The normalized spacial score (nSPS) is 12.5. The van der Waals surface area contributed by atoms with Gasteiger partial charge in [0.1, 0.15) is 5.82 Å². The van der Waals surface area contributed by atoms with Crippen molar-refractivity contribution in [3.05, 3.63) is 30.1 Å². The van der Waals surface area contributed by atoms with E-state index in [4.69, 9.17) is 5.73 Å². The maximum absolute atomic E-state index is 12.9. The maximum atomic E-state index is 12.9. The number of hydrogen-bond donors (Lipinski definition) is 1. The molecule has 3 heteroatoms. The number of anilines is 1. The van der Waals surface area contributed by atoms with Crippen molar-refractivity contribution in [1.82, 2.24) is 0 Å². The van der Waals surface area contributed by atoms with Gasteiger partial charge in [-0.25, -0.2) is 4.39 Å². The first-order chi connectivity index (χ1) is 8.19. The van der Waals surface area contributed by atoms with Crippen LogP contribution in [0.4, 0.5) is 10.1 Å². The van der Waals surface area contributed by atoms with Crippen LogP contribution in [0, 0.1) is 5.82 Å². The molecule has 1 aromatic rings. The van der Waals surface area contributed by atoms with Gasteiger partial charge in [-0.2, -0.15) is 0 Å². The zero-order chi connectivity index (χ0) is 12.7. The van der Waals surface area contributed by atoms with Crippen molar-refractivity contribution in [2.75, 3.05) is 18.0 Å². The molecule has 1 aromatic carbocycles. The van der Waals surface area contributed by atoms with Crippen LogP contribution in [-0.2, 0) is 0 Å². The number of halogens is 1. The summed E-state index contributed by atoms with van der Waals surface area (Å²) in [7, 11) is 0. The highest BCUT2D eigenvalue weighted by molar-refractivity contribution is 5.47. The average Bonchev–Trinajstić information content (AvgIpc) is 2.32. The van der Waals surface area contributed by atoms with E-state index in [-0.39, 0.29) is 5.82 Å². The smallest absolute Gasteiger partial charge is 0.123 e. The zero-order valence-electron chi connectivity index (χ0n) is 10.8. The molecular weight excluding hydrogens is 215 g/mol. The van der Waals surface area contributed by atoms with Gasteiger partial charge < -0.3 is 10.6 Å². The van der Waals surface area contributed by atoms with E-state index in [1.54, 1.807) is 0 Å². The summed E-state index contributed by atoms with van der Waals surface area (Å²) in [6.07, 6.45) is 3.26. The molecule has 0 bridgehead atoms. The molecule has 0 aliphatic heterocycles. The largest absolute Gasteiger partial charge is 0.369 e. The van der Waals surface area contributed by atoms with E-state index in [9.17, 15) is 4.39 Å². The summed E-state index contributed by atoms with van der Waals surface area (Å²) >= 11 is 0.